The Bertz CT molecular complexity index is 927. The van der Waals surface area contributed by atoms with Gasteiger partial charge >= 0.3 is 0 Å². The number of rotatable bonds is 7. The van der Waals surface area contributed by atoms with Gasteiger partial charge in [0, 0.05) is 24.8 Å². The predicted molar refractivity (Wildman–Crippen MR) is 116 cm³/mol. The molecule has 0 spiro atoms. The van der Waals surface area contributed by atoms with Gasteiger partial charge in [0.05, 0.1) is 29.0 Å². The van der Waals surface area contributed by atoms with E-state index in [1.165, 1.54) is 11.8 Å². The van der Waals surface area contributed by atoms with E-state index in [0.717, 1.165) is 42.0 Å². The summed E-state index contributed by atoms with van der Waals surface area (Å²) in [6, 6.07) is 9.88. The fourth-order valence-electron chi connectivity index (χ4n) is 3.56. The van der Waals surface area contributed by atoms with Gasteiger partial charge in [0.25, 0.3) is 5.56 Å². The fraction of sp³-hybridized carbons (Fsp3) is 0.476. The molecule has 0 saturated carbocycles. The molecule has 0 bridgehead atoms. The summed E-state index contributed by atoms with van der Waals surface area (Å²) >= 11 is 2.93. The van der Waals surface area contributed by atoms with Gasteiger partial charge in [-0.1, -0.05) is 49.0 Å². The monoisotopic (exact) mass is 431 g/mol. The van der Waals surface area contributed by atoms with Crippen molar-refractivity contribution in [3.63, 3.8) is 0 Å². The van der Waals surface area contributed by atoms with Gasteiger partial charge < -0.3 is 10.1 Å². The number of carbonyl (C=O) groups excluding carboxylic acids is 1. The van der Waals surface area contributed by atoms with Crippen LogP contribution in [0, 0.1) is 0 Å². The molecular weight excluding hydrogens is 406 g/mol. The Morgan fingerprint density at radius 3 is 2.97 bits per heavy atom. The third-order valence-corrected chi connectivity index (χ3v) is 7.22. The van der Waals surface area contributed by atoms with Crippen molar-refractivity contribution in [2.24, 2.45) is 0 Å². The van der Waals surface area contributed by atoms with Crippen LogP contribution in [0.4, 0.5) is 0 Å². The van der Waals surface area contributed by atoms with Crippen molar-refractivity contribution in [3.05, 3.63) is 51.9 Å². The lowest BCUT2D eigenvalue weighted by Gasteiger charge is -2.14. The number of nitrogens with zero attached hydrogens (tertiary/aromatic N) is 2. The lowest BCUT2D eigenvalue weighted by Crippen LogP contribution is -2.33. The first-order valence-electron chi connectivity index (χ1n) is 9.95. The molecule has 6 nitrogen and oxygen atoms in total. The average molecular weight is 432 g/mol. The third-order valence-electron chi connectivity index (χ3n) is 5.03. The fourth-order valence-corrected chi connectivity index (χ4v) is 5.52. The number of fused-ring (bicyclic) bond motifs is 1. The topological polar surface area (TPSA) is 73.2 Å². The molecule has 1 fully saturated rings. The highest BCUT2D eigenvalue weighted by Gasteiger charge is 2.26. The molecule has 2 aliphatic heterocycles. The molecule has 29 heavy (non-hydrogen) atoms. The summed E-state index contributed by atoms with van der Waals surface area (Å²) in [5.41, 5.74) is 1.90. The molecule has 2 aromatic rings. The first-order chi connectivity index (χ1) is 14.1. The standard InChI is InChI=1S/C21H25N3O3S2/c1-14-10-17-19(29-14)20(26)24(12-15-6-3-2-4-7-15)21(23-17)28-13-18(25)22-11-16-8-5-9-27-16/h2-4,6-7,14,16H,5,8-13H2,1H3,(H,22,25)/t14-,16+/m0/s1. The Hall–Kier alpha value is -1.77. The number of aromatic nitrogens is 2. The van der Waals surface area contributed by atoms with E-state index >= 15 is 0 Å². The molecule has 1 amide bonds. The lowest BCUT2D eigenvalue weighted by atomic mass is 10.2. The number of thioether (sulfide) groups is 2. The second-order valence-corrected chi connectivity index (χ2v) is 9.80. The molecular formula is C21H25N3O3S2. The quantitative estimate of drug-likeness (QED) is 0.537. The van der Waals surface area contributed by atoms with Gasteiger partial charge in [0.1, 0.15) is 0 Å². The van der Waals surface area contributed by atoms with E-state index in [1.807, 2.05) is 30.3 Å². The highest BCUT2D eigenvalue weighted by atomic mass is 32.2. The van der Waals surface area contributed by atoms with Gasteiger partial charge in [-0.3, -0.25) is 14.2 Å². The van der Waals surface area contributed by atoms with Crippen LogP contribution in [0.2, 0.25) is 0 Å². The molecule has 0 radical (unpaired) electrons. The maximum atomic E-state index is 13.1. The molecule has 0 aliphatic carbocycles. The summed E-state index contributed by atoms with van der Waals surface area (Å²) in [6.45, 7) is 3.88. The van der Waals surface area contributed by atoms with E-state index in [2.05, 4.69) is 12.2 Å². The number of carbonyl (C=O) groups is 1. The molecule has 0 unspecified atom stereocenters. The highest BCUT2D eigenvalue weighted by molar-refractivity contribution is 8.00. The first-order valence-corrected chi connectivity index (χ1v) is 11.8. The number of hydrogen-bond donors (Lipinski definition) is 1. The molecule has 4 rings (SSSR count). The van der Waals surface area contributed by atoms with Crippen molar-refractivity contribution in [2.75, 3.05) is 18.9 Å². The number of benzene rings is 1. The van der Waals surface area contributed by atoms with E-state index in [9.17, 15) is 9.59 Å². The van der Waals surface area contributed by atoms with Crippen LogP contribution in [0.1, 0.15) is 31.0 Å². The zero-order valence-corrected chi connectivity index (χ0v) is 18.1. The maximum Gasteiger partial charge on any atom is 0.268 e. The number of hydrogen-bond acceptors (Lipinski definition) is 6. The van der Waals surface area contributed by atoms with Gasteiger partial charge in [0.15, 0.2) is 5.16 Å². The summed E-state index contributed by atoms with van der Waals surface area (Å²) in [5, 5.41) is 3.90. The number of ether oxygens (including phenoxy) is 1. The summed E-state index contributed by atoms with van der Waals surface area (Å²) in [7, 11) is 0. The van der Waals surface area contributed by atoms with E-state index in [4.69, 9.17) is 9.72 Å². The predicted octanol–water partition coefficient (Wildman–Crippen LogP) is 2.72. The van der Waals surface area contributed by atoms with Crippen LogP contribution in [-0.2, 0) is 22.5 Å². The average Bonchev–Trinajstić information content (AvgIpc) is 3.37. The number of nitrogens with one attached hydrogen (secondary N) is 1. The van der Waals surface area contributed by atoms with Crippen molar-refractivity contribution in [2.45, 2.75) is 54.1 Å². The summed E-state index contributed by atoms with van der Waals surface area (Å²) in [6.07, 6.45) is 2.96. The molecule has 3 heterocycles. The van der Waals surface area contributed by atoms with E-state index in [0.29, 0.717) is 23.5 Å². The normalized spacial score (nSPS) is 20.6. The minimum Gasteiger partial charge on any atom is -0.376 e. The van der Waals surface area contributed by atoms with Crippen LogP contribution in [0.25, 0.3) is 0 Å². The first kappa shape index (κ1) is 20.5. The van der Waals surface area contributed by atoms with Gasteiger partial charge in [-0.15, -0.1) is 11.8 Å². The molecule has 2 aliphatic rings. The molecule has 1 saturated heterocycles. The second kappa shape index (κ2) is 9.36. The van der Waals surface area contributed by atoms with Crippen LogP contribution in [-0.4, -0.2) is 45.7 Å². The van der Waals surface area contributed by atoms with Gasteiger partial charge in [0.2, 0.25) is 5.91 Å². The zero-order chi connectivity index (χ0) is 20.2. The Balaban J connectivity index is 1.50. The molecule has 2 atom stereocenters. The van der Waals surface area contributed by atoms with Crippen molar-refractivity contribution in [1.82, 2.24) is 14.9 Å². The SMILES string of the molecule is C[C@H]1Cc2nc(SCC(=O)NC[C@H]3CCCO3)n(Cc3ccccc3)c(=O)c2S1. The van der Waals surface area contributed by atoms with E-state index < -0.39 is 0 Å². The summed E-state index contributed by atoms with van der Waals surface area (Å²) in [4.78, 5) is 31.0. The van der Waals surface area contributed by atoms with Crippen LogP contribution < -0.4 is 10.9 Å². The lowest BCUT2D eigenvalue weighted by molar-refractivity contribution is -0.119. The third kappa shape index (κ3) is 5.05. The van der Waals surface area contributed by atoms with Gasteiger partial charge in [-0.05, 0) is 18.4 Å². The van der Waals surface area contributed by atoms with Gasteiger partial charge in [-0.2, -0.15) is 0 Å². The second-order valence-electron chi connectivity index (χ2n) is 7.41. The van der Waals surface area contributed by atoms with Gasteiger partial charge in [-0.25, -0.2) is 4.98 Å². The van der Waals surface area contributed by atoms with Crippen molar-refractivity contribution in [1.29, 1.82) is 0 Å². The largest absolute Gasteiger partial charge is 0.376 e. The molecule has 1 aromatic carbocycles. The summed E-state index contributed by atoms with van der Waals surface area (Å²) < 4.78 is 7.25. The Morgan fingerprint density at radius 2 is 2.21 bits per heavy atom. The van der Waals surface area contributed by atoms with Crippen LogP contribution in [0.3, 0.4) is 0 Å². The highest BCUT2D eigenvalue weighted by Crippen LogP contribution is 2.34. The Labute approximate surface area is 178 Å². The minimum atomic E-state index is -0.0609. The molecule has 1 N–H and O–H groups in total. The Morgan fingerprint density at radius 1 is 1.38 bits per heavy atom. The molecule has 8 heteroatoms. The van der Waals surface area contributed by atoms with Crippen molar-refractivity contribution < 1.29 is 9.53 Å². The van der Waals surface area contributed by atoms with Crippen LogP contribution >= 0.6 is 23.5 Å². The summed E-state index contributed by atoms with van der Waals surface area (Å²) in [5.74, 6) is 0.171. The minimum absolute atomic E-state index is 0.00420. The zero-order valence-electron chi connectivity index (χ0n) is 16.4. The van der Waals surface area contributed by atoms with Crippen LogP contribution in [0.15, 0.2) is 45.2 Å². The smallest absolute Gasteiger partial charge is 0.268 e. The van der Waals surface area contributed by atoms with Crippen molar-refractivity contribution in [3.8, 4) is 0 Å². The number of amides is 1. The van der Waals surface area contributed by atoms with Crippen LogP contribution in [0.5, 0.6) is 0 Å². The molecule has 154 valence electrons. The maximum absolute atomic E-state index is 13.1. The molecule has 1 aromatic heterocycles. The Kier molecular flexibility index (Phi) is 6.62. The van der Waals surface area contributed by atoms with E-state index in [1.54, 1.807) is 16.3 Å². The van der Waals surface area contributed by atoms with E-state index in [-0.39, 0.29) is 23.3 Å². The van der Waals surface area contributed by atoms with Crippen molar-refractivity contribution >= 4 is 29.4 Å².